The average Bonchev–Trinajstić information content (AvgIpc) is 2.62. The first-order valence-electron chi connectivity index (χ1n) is 8.15. The van der Waals surface area contributed by atoms with Gasteiger partial charge in [0, 0.05) is 26.2 Å². The fraction of sp³-hybridized carbons (Fsp3) is 0.389. The minimum Gasteiger partial charge on any atom is -0.484 e. The number of rotatable bonds is 4. The zero-order valence-electron chi connectivity index (χ0n) is 14.1. The van der Waals surface area contributed by atoms with E-state index in [1.54, 1.807) is 0 Å². The number of piperazine rings is 1. The summed E-state index contributed by atoms with van der Waals surface area (Å²) in [5.74, 6) is 1.65. The lowest BCUT2D eigenvalue weighted by molar-refractivity contribution is -0.133. The van der Waals surface area contributed by atoms with E-state index in [-0.39, 0.29) is 12.5 Å². The molecular weight excluding hydrogens is 304 g/mol. The van der Waals surface area contributed by atoms with Crippen LogP contribution in [0.15, 0.2) is 36.4 Å². The van der Waals surface area contributed by atoms with Gasteiger partial charge in [0.1, 0.15) is 5.75 Å². The summed E-state index contributed by atoms with van der Waals surface area (Å²) in [5, 5.41) is 8.29. The van der Waals surface area contributed by atoms with Gasteiger partial charge >= 0.3 is 0 Å². The van der Waals surface area contributed by atoms with Crippen molar-refractivity contribution in [2.24, 2.45) is 0 Å². The van der Waals surface area contributed by atoms with Crippen molar-refractivity contribution >= 4 is 11.7 Å². The molecule has 0 radical (unpaired) electrons. The van der Waals surface area contributed by atoms with Gasteiger partial charge in [0.2, 0.25) is 0 Å². The van der Waals surface area contributed by atoms with E-state index >= 15 is 0 Å². The molecule has 1 fully saturated rings. The van der Waals surface area contributed by atoms with E-state index in [9.17, 15) is 4.79 Å². The molecule has 126 valence electrons. The molecule has 6 nitrogen and oxygen atoms in total. The summed E-state index contributed by atoms with van der Waals surface area (Å²) >= 11 is 0. The van der Waals surface area contributed by atoms with E-state index in [1.807, 2.05) is 55.1 Å². The number of benzene rings is 1. The summed E-state index contributed by atoms with van der Waals surface area (Å²) in [6, 6.07) is 11.7. The fourth-order valence-corrected chi connectivity index (χ4v) is 2.69. The average molecular weight is 326 g/mol. The van der Waals surface area contributed by atoms with E-state index in [0.29, 0.717) is 13.1 Å². The summed E-state index contributed by atoms with van der Waals surface area (Å²) in [6.45, 7) is 6.83. The van der Waals surface area contributed by atoms with E-state index < -0.39 is 0 Å². The van der Waals surface area contributed by atoms with E-state index in [0.717, 1.165) is 35.9 Å². The predicted octanol–water partition coefficient (Wildman–Crippen LogP) is 1.82. The minimum absolute atomic E-state index is 0.0212. The monoisotopic (exact) mass is 326 g/mol. The van der Waals surface area contributed by atoms with Crippen molar-refractivity contribution in [3.05, 3.63) is 47.7 Å². The number of hydrogen-bond donors (Lipinski definition) is 0. The lowest BCUT2D eigenvalue weighted by Gasteiger charge is -2.35. The van der Waals surface area contributed by atoms with E-state index in [4.69, 9.17) is 4.74 Å². The van der Waals surface area contributed by atoms with Gasteiger partial charge in [-0.2, -0.15) is 5.10 Å². The number of hydrogen-bond acceptors (Lipinski definition) is 5. The zero-order chi connectivity index (χ0) is 16.9. The van der Waals surface area contributed by atoms with Crippen LogP contribution in [-0.2, 0) is 4.79 Å². The van der Waals surface area contributed by atoms with Crippen molar-refractivity contribution in [1.29, 1.82) is 0 Å². The van der Waals surface area contributed by atoms with Crippen LogP contribution in [0.2, 0.25) is 0 Å². The minimum atomic E-state index is 0.0212. The van der Waals surface area contributed by atoms with Crippen LogP contribution < -0.4 is 9.64 Å². The Morgan fingerprint density at radius 2 is 1.79 bits per heavy atom. The number of nitrogens with zero attached hydrogens (tertiary/aromatic N) is 4. The first kappa shape index (κ1) is 16.2. The van der Waals surface area contributed by atoms with Crippen molar-refractivity contribution in [3.63, 3.8) is 0 Å². The number of amides is 1. The number of para-hydroxylation sites is 1. The highest BCUT2D eigenvalue weighted by Gasteiger charge is 2.22. The van der Waals surface area contributed by atoms with Gasteiger partial charge in [-0.05, 0) is 37.6 Å². The molecule has 6 heteroatoms. The molecule has 2 aromatic rings. The maximum Gasteiger partial charge on any atom is 0.260 e. The first-order valence-corrected chi connectivity index (χ1v) is 8.15. The quantitative estimate of drug-likeness (QED) is 0.858. The van der Waals surface area contributed by atoms with Gasteiger partial charge in [0.25, 0.3) is 5.91 Å². The standard InChI is InChI=1S/C18H22N4O2/c1-14-5-3-4-6-16(14)24-13-18(23)22-11-9-21(10-12-22)17-8-7-15(2)19-20-17/h3-8H,9-13H2,1-2H3. The Labute approximate surface area is 142 Å². The molecule has 1 aliphatic heterocycles. The summed E-state index contributed by atoms with van der Waals surface area (Å²) in [5.41, 5.74) is 1.94. The van der Waals surface area contributed by atoms with Crippen molar-refractivity contribution in [3.8, 4) is 5.75 Å². The highest BCUT2D eigenvalue weighted by atomic mass is 16.5. The highest BCUT2D eigenvalue weighted by Crippen LogP contribution is 2.17. The van der Waals surface area contributed by atoms with Crippen LogP contribution in [0.3, 0.4) is 0 Å². The lowest BCUT2D eigenvalue weighted by Crippen LogP contribution is -2.50. The Balaban J connectivity index is 1.50. The molecule has 0 N–H and O–H groups in total. The topological polar surface area (TPSA) is 58.6 Å². The molecule has 0 spiro atoms. The van der Waals surface area contributed by atoms with Gasteiger partial charge in [-0.1, -0.05) is 18.2 Å². The van der Waals surface area contributed by atoms with E-state index in [1.165, 1.54) is 0 Å². The fourth-order valence-electron chi connectivity index (χ4n) is 2.69. The molecule has 0 bridgehead atoms. The van der Waals surface area contributed by atoms with Gasteiger partial charge in [-0.15, -0.1) is 5.10 Å². The van der Waals surface area contributed by atoms with Gasteiger partial charge in [-0.25, -0.2) is 0 Å². The Morgan fingerprint density at radius 3 is 2.46 bits per heavy atom. The molecule has 1 aliphatic rings. The lowest BCUT2D eigenvalue weighted by atomic mass is 10.2. The molecule has 1 saturated heterocycles. The molecule has 24 heavy (non-hydrogen) atoms. The van der Waals surface area contributed by atoms with Crippen molar-refractivity contribution in [2.45, 2.75) is 13.8 Å². The number of ether oxygens (including phenoxy) is 1. The van der Waals surface area contributed by atoms with Crippen LogP contribution in [0.1, 0.15) is 11.3 Å². The number of carbonyl (C=O) groups excluding carboxylic acids is 1. The zero-order valence-corrected chi connectivity index (χ0v) is 14.1. The third-order valence-electron chi connectivity index (χ3n) is 4.18. The number of aryl methyl sites for hydroxylation is 2. The smallest absolute Gasteiger partial charge is 0.260 e. The second kappa shape index (κ2) is 7.29. The van der Waals surface area contributed by atoms with Crippen LogP contribution >= 0.6 is 0 Å². The maximum atomic E-state index is 12.3. The van der Waals surface area contributed by atoms with Crippen LogP contribution in [0.4, 0.5) is 5.82 Å². The van der Waals surface area contributed by atoms with Crippen LogP contribution in [0.25, 0.3) is 0 Å². The molecular formula is C18H22N4O2. The second-order valence-corrected chi connectivity index (χ2v) is 5.95. The summed E-state index contributed by atoms with van der Waals surface area (Å²) in [4.78, 5) is 16.3. The van der Waals surface area contributed by atoms with Gasteiger partial charge in [0.15, 0.2) is 12.4 Å². The summed E-state index contributed by atoms with van der Waals surface area (Å²) in [6.07, 6.45) is 0. The molecule has 3 rings (SSSR count). The molecule has 1 aromatic heterocycles. The number of anilines is 1. The van der Waals surface area contributed by atoms with E-state index in [2.05, 4.69) is 15.1 Å². The Hall–Kier alpha value is -2.63. The second-order valence-electron chi connectivity index (χ2n) is 5.95. The Kier molecular flexibility index (Phi) is 4.93. The van der Waals surface area contributed by atoms with Gasteiger partial charge in [0.05, 0.1) is 5.69 Å². The molecule has 0 saturated carbocycles. The first-order chi connectivity index (χ1) is 11.6. The molecule has 0 aliphatic carbocycles. The normalized spacial score (nSPS) is 14.6. The SMILES string of the molecule is Cc1ccc(N2CCN(C(=O)COc3ccccc3C)CC2)nn1. The van der Waals surface area contributed by atoms with Crippen LogP contribution in [0.5, 0.6) is 5.75 Å². The largest absolute Gasteiger partial charge is 0.484 e. The van der Waals surface area contributed by atoms with Crippen molar-refractivity contribution in [2.75, 3.05) is 37.7 Å². The molecule has 0 atom stereocenters. The van der Waals surface area contributed by atoms with Crippen molar-refractivity contribution in [1.82, 2.24) is 15.1 Å². The molecule has 1 amide bonds. The summed E-state index contributed by atoms with van der Waals surface area (Å²) in [7, 11) is 0. The third-order valence-corrected chi connectivity index (χ3v) is 4.18. The summed E-state index contributed by atoms with van der Waals surface area (Å²) < 4.78 is 5.65. The highest BCUT2D eigenvalue weighted by molar-refractivity contribution is 5.78. The maximum absolute atomic E-state index is 12.3. The number of aromatic nitrogens is 2. The molecule has 0 unspecified atom stereocenters. The third kappa shape index (κ3) is 3.82. The molecule has 2 heterocycles. The number of carbonyl (C=O) groups is 1. The predicted molar refractivity (Wildman–Crippen MR) is 92.2 cm³/mol. The molecule has 1 aromatic carbocycles. The van der Waals surface area contributed by atoms with Crippen molar-refractivity contribution < 1.29 is 9.53 Å². The Bertz CT molecular complexity index is 694. The van der Waals surface area contributed by atoms with Gasteiger partial charge in [-0.3, -0.25) is 4.79 Å². The Morgan fingerprint density at radius 1 is 1.04 bits per heavy atom. The van der Waals surface area contributed by atoms with Gasteiger partial charge < -0.3 is 14.5 Å². The van der Waals surface area contributed by atoms with Crippen LogP contribution in [0, 0.1) is 13.8 Å². The van der Waals surface area contributed by atoms with Crippen LogP contribution in [-0.4, -0.2) is 53.8 Å².